The lowest BCUT2D eigenvalue weighted by Gasteiger charge is -2.27. The van der Waals surface area contributed by atoms with Gasteiger partial charge in [0.25, 0.3) is 0 Å². The van der Waals surface area contributed by atoms with E-state index in [1.807, 2.05) is 0 Å². The van der Waals surface area contributed by atoms with E-state index >= 15 is 0 Å². The molecule has 0 heterocycles. The van der Waals surface area contributed by atoms with Gasteiger partial charge in [-0.2, -0.15) is 0 Å². The van der Waals surface area contributed by atoms with Crippen LogP contribution in [-0.4, -0.2) is 17.8 Å². The molecular formula is C14H19F2NO. The van der Waals surface area contributed by atoms with Crippen LogP contribution in [0.2, 0.25) is 0 Å². The molecule has 2 atom stereocenters. The number of nitrogens with two attached hydrogens (primary N) is 1. The largest absolute Gasteiger partial charge is 0.392 e. The average Bonchev–Trinajstić information content (AvgIpc) is 2.86. The molecule has 2 nitrogen and oxygen atoms in total. The summed E-state index contributed by atoms with van der Waals surface area (Å²) >= 11 is 0. The second-order valence-electron chi connectivity index (χ2n) is 5.04. The van der Waals surface area contributed by atoms with E-state index < -0.39 is 23.7 Å². The van der Waals surface area contributed by atoms with Gasteiger partial charge in [0, 0.05) is 18.5 Å². The van der Waals surface area contributed by atoms with Crippen LogP contribution < -0.4 is 5.73 Å². The van der Waals surface area contributed by atoms with Crippen molar-refractivity contribution in [3.8, 4) is 0 Å². The number of rotatable bonds is 4. The Balaban J connectivity index is 2.21. The van der Waals surface area contributed by atoms with Crippen molar-refractivity contribution < 1.29 is 13.9 Å². The smallest absolute Gasteiger partial charge is 0.129 e. The SMILES string of the molecule is NCC(c1ccc(F)cc1F)C(O)C1CCCC1. The van der Waals surface area contributed by atoms with Crippen LogP contribution in [0.3, 0.4) is 0 Å². The van der Waals surface area contributed by atoms with Gasteiger partial charge in [0.2, 0.25) is 0 Å². The van der Waals surface area contributed by atoms with Crippen molar-refractivity contribution in [3.63, 3.8) is 0 Å². The Bertz CT molecular complexity index is 405. The van der Waals surface area contributed by atoms with Crippen LogP contribution in [0.1, 0.15) is 37.2 Å². The number of aliphatic hydroxyl groups is 1. The third kappa shape index (κ3) is 2.70. The van der Waals surface area contributed by atoms with Gasteiger partial charge in [0.05, 0.1) is 6.10 Å². The third-order valence-electron chi connectivity index (χ3n) is 3.91. The Morgan fingerprint density at radius 1 is 1.28 bits per heavy atom. The molecule has 4 heteroatoms. The topological polar surface area (TPSA) is 46.2 Å². The van der Waals surface area contributed by atoms with Crippen molar-refractivity contribution in [2.45, 2.75) is 37.7 Å². The summed E-state index contributed by atoms with van der Waals surface area (Å²) in [5.74, 6) is -1.50. The molecular weight excluding hydrogens is 236 g/mol. The van der Waals surface area contributed by atoms with E-state index in [1.165, 1.54) is 12.1 Å². The zero-order valence-corrected chi connectivity index (χ0v) is 10.3. The standard InChI is InChI=1S/C14H19F2NO/c15-10-5-6-11(13(16)7-10)12(8-17)14(18)9-3-1-2-4-9/h5-7,9,12,14,18H,1-4,8,17H2. The monoisotopic (exact) mass is 255 g/mol. The number of aliphatic hydroxyl groups excluding tert-OH is 1. The lowest BCUT2D eigenvalue weighted by molar-refractivity contribution is 0.0839. The van der Waals surface area contributed by atoms with Gasteiger partial charge in [-0.1, -0.05) is 18.9 Å². The van der Waals surface area contributed by atoms with Gasteiger partial charge in [-0.15, -0.1) is 0 Å². The number of hydrogen-bond donors (Lipinski definition) is 2. The molecule has 1 aliphatic carbocycles. The van der Waals surface area contributed by atoms with Crippen LogP contribution in [-0.2, 0) is 0 Å². The quantitative estimate of drug-likeness (QED) is 0.868. The fourth-order valence-corrected chi connectivity index (χ4v) is 2.88. The molecule has 1 saturated carbocycles. The third-order valence-corrected chi connectivity index (χ3v) is 3.91. The van der Waals surface area contributed by atoms with Crippen molar-refractivity contribution in [3.05, 3.63) is 35.4 Å². The summed E-state index contributed by atoms with van der Waals surface area (Å²) in [5.41, 5.74) is 5.98. The maximum Gasteiger partial charge on any atom is 0.129 e. The van der Waals surface area contributed by atoms with Gasteiger partial charge in [0.1, 0.15) is 11.6 Å². The fraction of sp³-hybridized carbons (Fsp3) is 0.571. The van der Waals surface area contributed by atoms with Gasteiger partial charge in [-0.05, 0) is 30.4 Å². The summed E-state index contributed by atoms with van der Waals surface area (Å²) in [6, 6.07) is 3.45. The maximum absolute atomic E-state index is 13.7. The zero-order valence-electron chi connectivity index (χ0n) is 10.3. The van der Waals surface area contributed by atoms with Crippen LogP contribution in [0, 0.1) is 17.6 Å². The normalized spacial score (nSPS) is 20.0. The number of benzene rings is 1. The summed E-state index contributed by atoms with van der Waals surface area (Å²) in [6.07, 6.45) is 3.48. The molecule has 0 aromatic heterocycles. The molecule has 100 valence electrons. The minimum Gasteiger partial charge on any atom is -0.392 e. The molecule has 1 aliphatic rings. The Morgan fingerprint density at radius 2 is 1.94 bits per heavy atom. The van der Waals surface area contributed by atoms with Crippen LogP contribution in [0.4, 0.5) is 8.78 Å². The molecule has 1 aromatic rings. The molecule has 0 bridgehead atoms. The molecule has 0 spiro atoms. The molecule has 2 rings (SSSR count). The molecule has 1 aromatic carbocycles. The molecule has 2 unspecified atom stereocenters. The van der Waals surface area contributed by atoms with E-state index in [9.17, 15) is 13.9 Å². The number of hydrogen-bond acceptors (Lipinski definition) is 2. The molecule has 18 heavy (non-hydrogen) atoms. The Kier molecular flexibility index (Phi) is 4.30. The Hall–Kier alpha value is -1.00. The molecule has 0 saturated heterocycles. The summed E-state index contributed by atoms with van der Waals surface area (Å²) in [6.45, 7) is 0.167. The summed E-state index contributed by atoms with van der Waals surface area (Å²) in [5, 5.41) is 10.3. The average molecular weight is 255 g/mol. The highest BCUT2D eigenvalue weighted by Gasteiger charge is 2.31. The first-order chi connectivity index (χ1) is 8.63. The van der Waals surface area contributed by atoms with Gasteiger partial charge in [-0.25, -0.2) is 8.78 Å². The van der Waals surface area contributed by atoms with Gasteiger partial charge < -0.3 is 10.8 Å². The zero-order chi connectivity index (χ0) is 13.1. The van der Waals surface area contributed by atoms with Crippen molar-refractivity contribution in [1.82, 2.24) is 0 Å². The van der Waals surface area contributed by atoms with Crippen molar-refractivity contribution in [2.24, 2.45) is 11.7 Å². The lowest BCUT2D eigenvalue weighted by Crippen LogP contribution is -2.32. The van der Waals surface area contributed by atoms with E-state index in [0.717, 1.165) is 31.7 Å². The van der Waals surface area contributed by atoms with Gasteiger partial charge in [-0.3, -0.25) is 0 Å². The predicted molar refractivity (Wildman–Crippen MR) is 66.1 cm³/mol. The second-order valence-corrected chi connectivity index (χ2v) is 5.04. The molecule has 0 aliphatic heterocycles. The van der Waals surface area contributed by atoms with Crippen LogP contribution in [0.15, 0.2) is 18.2 Å². The summed E-state index contributed by atoms with van der Waals surface area (Å²) in [4.78, 5) is 0. The Morgan fingerprint density at radius 3 is 2.50 bits per heavy atom. The highest BCUT2D eigenvalue weighted by atomic mass is 19.1. The number of halogens is 2. The maximum atomic E-state index is 13.7. The minimum absolute atomic E-state index is 0.167. The minimum atomic E-state index is -0.641. The fourth-order valence-electron chi connectivity index (χ4n) is 2.88. The van der Waals surface area contributed by atoms with Crippen molar-refractivity contribution >= 4 is 0 Å². The molecule has 0 amide bonds. The highest BCUT2D eigenvalue weighted by Crippen LogP contribution is 2.35. The molecule has 0 radical (unpaired) electrons. The van der Waals surface area contributed by atoms with E-state index in [-0.39, 0.29) is 12.5 Å². The first kappa shape index (κ1) is 13.4. The van der Waals surface area contributed by atoms with E-state index in [1.54, 1.807) is 0 Å². The predicted octanol–water partition coefficient (Wildman–Crippen LogP) is 2.56. The molecule has 1 fully saturated rings. The van der Waals surface area contributed by atoms with Gasteiger partial charge in [0.15, 0.2) is 0 Å². The lowest BCUT2D eigenvalue weighted by atomic mass is 9.84. The summed E-state index contributed by atoms with van der Waals surface area (Å²) < 4.78 is 26.6. The van der Waals surface area contributed by atoms with Crippen molar-refractivity contribution in [1.29, 1.82) is 0 Å². The second kappa shape index (κ2) is 5.76. The van der Waals surface area contributed by atoms with Crippen LogP contribution >= 0.6 is 0 Å². The van der Waals surface area contributed by atoms with Crippen LogP contribution in [0.5, 0.6) is 0 Å². The first-order valence-electron chi connectivity index (χ1n) is 6.46. The van der Waals surface area contributed by atoms with Crippen LogP contribution in [0.25, 0.3) is 0 Å². The van der Waals surface area contributed by atoms with Gasteiger partial charge >= 0.3 is 0 Å². The van der Waals surface area contributed by atoms with E-state index in [2.05, 4.69) is 0 Å². The summed E-state index contributed by atoms with van der Waals surface area (Å²) in [7, 11) is 0. The molecule has 3 N–H and O–H groups in total. The highest BCUT2D eigenvalue weighted by molar-refractivity contribution is 5.24. The first-order valence-corrected chi connectivity index (χ1v) is 6.46. The van der Waals surface area contributed by atoms with Crippen molar-refractivity contribution in [2.75, 3.05) is 6.54 Å². The Labute approximate surface area is 106 Å². The van der Waals surface area contributed by atoms with E-state index in [0.29, 0.717) is 5.56 Å². The van der Waals surface area contributed by atoms with E-state index in [4.69, 9.17) is 5.73 Å².